The van der Waals surface area contributed by atoms with Crippen LogP contribution in [0.4, 0.5) is 4.39 Å². The molecule has 2 aromatic rings. The number of nitriles is 1. The van der Waals surface area contributed by atoms with Gasteiger partial charge in [-0.1, -0.05) is 0 Å². The molecule has 0 amide bonds. The number of aromatic nitrogens is 2. The highest BCUT2D eigenvalue weighted by atomic mass is 19.1. The molecule has 0 spiro atoms. The highest BCUT2D eigenvalue weighted by molar-refractivity contribution is 5.46. The van der Waals surface area contributed by atoms with Gasteiger partial charge in [0, 0.05) is 6.20 Å². The molecule has 5 heteroatoms. The maximum absolute atomic E-state index is 13.7. The Morgan fingerprint density at radius 2 is 2.28 bits per heavy atom. The number of ether oxygens (including phenoxy) is 1. The molecule has 0 aliphatic heterocycles. The average Bonchev–Trinajstić information content (AvgIpc) is 2.74. The lowest BCUT2D eigenvalue weighted by atomic mass is 10.1. The van der Waals surface area contributed by atoms with Gasteiger partial charge in [-0.15, -0.1) is 0 Å². The fraction of sp³-hybridized carbons (Fsp3) is 0.231. The van der Waals surface area contributed by atoms with Crippen LogP contribution in [0.1, 0.15) is 16.7 Å². The molecule has 0 unspecified atom stereocenters. The van der Waals surface area contributed by atoms with Crippen molar-refractivity contribution in [1.29, 1.82) is 5.26 Å². The first-order valence-corrected chi connectivity index (χ1v) is 5.39. The second-order valence-corrected chi connectivity index (χ2v) is 3.98. The van der Waals surface area contributed by atoms with Gasteiger partial charge < -0.3 is 4.74 Å². The third-order valence-corrected chi connectivity index (χ3v) is 2.55. The number of rotatable bonds is 3. The van der Waals surface area contributed by atoms with E-state index in [2.05, 4.69) is 5.10 Å². The van der Waals surface area contributed by atoms with Crippen molar-refractivity contribution in [3.8, 4) is 11.8 Å². The molecule has 0 aliphatic carbocycles. The lowest BCUT2D eigenvalue weighted by Gasteiger charge is -2.08. The van der Waals surface area contributed by atoms with Crippen molar-refractivity contribution in [3.63, 3.8) is 0 Å². The van der Waals surface area contributed by atoms with Crippen LogP contribution in [-0.2, 0) is 6.54 Å². The van der Waals surface area contributed by atoms with Gasteiger partial charge in [0.25, 0.3) is 0 Å². The number of aryl methyl sites for hydroxylation is 1. The zero-order chi connectivity index (χ0) is 13.1. The smallest absolute Gasteiger partial charge is 0.145 e. The maximum atomic E-state index is 13.7. The zero-order valence-corrected chi connectivity index (χ0v) is 10.1. The number of nitrogens with zero attached hydrogens (tertiary/aromatic N) is 3. The van der Waals surface area contributed by atoms with Gasteiger partial charge in [0.05, 0.1) is 19.9 Å². The molecule has 92 valence electrons. The van der Waals surface area contributed by atoms with Gasteiger partial charge in [-0.3, -0.25) is 4.68 Å². The standard InChI is InChI=1S/C13H12FN3O/c1-9-6-16-17(7-9)8-10-3-12(14)11(5-15)13(4-10)18-2/h3-4,6-7H,8H2,1-2H3. The van der Waals surface area contributed by atoms with Gasteiger partial charge in [-0.25, -0.2) is 4.39 Å². The summed E-state index contributed by atoms with van der Waals surface area (Å²) in [7, 11) is 1.41. The van der Waals surface area contributed by atoms with Crippen LogP contribution in [0.5, 0.6) is 5.75 Å². The van der Waals surface area contributed by atoms with Crippen LogP contribution in [0.2, 0.25) is 0 Å². The van der Waals surface area contributed by atoms with Crippen molar-refractivity contribution in [2.45, 2.75) is 13.5 Å². The molecule has 0 N–H and O–H groups in total. The van der Waals surface area contributed by atoms with E-state index in [4.69, 9.17) is 10.00 Å². The summed E-state index contributed by atoms with van der Waals surface area (Å²) in [6.45, 7) is 2.37. The number of methoxy groups -OCH3 is 1. The van der Waals surface area contributed by atoms with E-state index in [0.717, 1.165) is 5.56 Å². The van der Waals surface area contributed by atoms with E-state index in [1.54, 1.807) is 23.0 Å². The Morgan fingerprint density at radius 1 is 1.50 bits per heavy atom. The van der Waals surface area contributed by atoms with Crippen LogP contribution in [0.3, 0.4) is 0 Å². The first kappa shape index (κ1) is 12.1. The Bertz CT molecular complexity index is 613. The monoisotopic (exact) mass is 245 g/mol. The zero-order valence-electron chi connectivity index (χ0n) is 10.1. The summed E-state index contributed by atoms with van der Waals surface area (Å²) in [5, 5.41) is 13.0. The van der Waals surface area contributed by atoms with Gasteiger partial charge in [-0.05, 0) is 30.2 Å². The fourth-order valence-corrected chi connectivity index (χ4v) is 1.74. The van der Waals surface area contributed by atoms with E-state index in [-0.39, 0.29) is 11.3 Å². The summed E-state index contributed by atoms with van der Waals surface area (Å²) >= 11 is 0. The minimum absolute atomic E-state index is 0.0714. The summed E-state index contributed by atoms with van der Waals surface area (Å²) in [6, 6.07) is 4.77. The van der Waals surface area contributed by atoms with E-state index in [0.29, 0.717) is 12.1 Å². The Labute approximate surface area is 104 Å². The molecular weight excluding hydrogens is 233 g/mol. The molecule has 0 saturated heterocycles. The van der Waals surface area contributed by atoms with Gasteiger partial charge in [-0.2, -0.15) is 10.4 Å². The van der Waals surface area contributed by atoms with E-state index in [1.165, 1.54) is 13.2 Å². The van der Waals surface area contributed by atoms with E-state index in [1.807, 2.05) is 13.1 Å². The first-order valence-electron chi connectivity index (χ1n) is 5.39. The van der Waals surface area contributed by atoms with Gasteiger partial charge in [0.1, 0.15) is 23.2 Å². The summed E-state index contributed by atoms with van der Waals surface area (Å²) < 4.78 is 20.4. The predicted octanol–water partition coefficient (Wildman–Crippen LogP) is 2.26. The molecule has 0 atom stereocenters. The SMILES string of the molecule is COc1cc(Cn2cc(C)cn2)cc(F)c1C#N. The van der Waals surface area contributed by atoms with Crippen molar-refractivity contribution in [2.24, 2.45) is 0 Å². The van der Waals surface area contributed by atoms with Crippen molar-refractivity contribution in [1.82, 2.24) is 9.78 Å². The van der Waals surface area contributed by atoms with Gasteiger partial charge >= 0.3 is 0 Å². The van der Waals surface area contributed by atoms with Gasteiger partial charge in [0.2, 0.25) is 0 Å². The molecule has 1 aromatic carbocycles. The lowest BCUT2D eigenvalue weighted by Crippen LogP contribution is -2.02. The Balaban J connectivity index is 2.35. The van der Waals surface area contributed by atoms with Gasteiger partial charge in [0.15, 0.2) is 0 Å². The van der Waals surface area contributed by atoms with Crippen LogP contribution >= 0.6 is 0 Å². The van der Waals surface area contributed by atoms with Crippen LogP contribution < -0.4 is 4.74 Å². The minimum atomic E-state index is -0.573. The van der Waals surface area contributed by atoms with E-state index < -0.39 is 5.82 Å². The number of halogens is 1. The first-order chi connectivity index (χ1) is 8.63. The molecule has 1 aromatic heterocycles. The second kappa shape index (κ2) is 4.88. The molecule has 0 saturated carbocycles. The minimum Gasteiger partial charge on any atom is -0.495 e. The third-order valence-electron chi connectivity index (χ3n) is 2.55. The topological polar surface area (TPSA) is 50.8 Å². The van der Waals surface area contributed by atoms with Crippen molar-refractivity contribution in [3.05, 3.63) is 47.0 Å². The Hall–Kier alpha value is -2.35. The highest BCUT2D eigenvalue weighted by Gasteiger charge is 2.11. The number of benzene rings is 1. The van der Waals surface area contributed by atoms with E-state index in [9.17, 15) is 4.39 Å². The predicted molar refractivity (Wildman–Crippen MR) is 63.7 cm³/mol. The van der Waals surface area contributed by atoms with Crippen molar-refractivity contribution in [2.75, 3.05) is 7.11 Å². The van der Waals surface area contributed by atoms with Crippen molar-refractivity contribution < 1.29 is 9.13 Å². The largest absolute Gasteiger partial charge is 0.495 e. The van der Waals surface area contributed by atoms with Crippen LogP contribution in [0.25, 0.3) is 0 Å². The van der Waals surface area contributed by atoms with Crippen molar-refractivity contribution >= 4 is 0 Å². The Morgan fingerprint density at radius 3 is 2.83 bits per heavy atom. The molecule has 0 radical (unpaired) electrons. The number of hydrogen-bond acceptors (Lipinski definition) is 3. The van der Waals surface area contributed by atoms with Crippen LogP contribution in [-0.4, -0.2) is 16.9 Å². The highest BCUT2D eigenvalue weighted by Crippen LogP contribution is 2.23. The second-order valence-electron chi connectivity index (χ2n) is 3.98. The third kappa shape index (κ3) is 2.33. The molecule has 0 aliphatic rings. The maximum Gasteiger partial charge on any atom is 0.145 e. The molecule has 4 nitrogen and oxygen atoms in total. The van der Waals surface area contributed by atoms with Crippen LogP contribution in [0, 0.1) is 24.1 Å². The Kier molecular flexibility index (Phi) is 3.28. The quantitative estimate of drug-likeness (QED) is 0.833. The summed E-state index contributed by atoms with van der Waals surface area (Å²) in [4.78, 5) is 0. The molecule has 1 heterocycles. The lowest BCUT2D eigenvalue weighted by molar-refractivity contribution is 0.408. The number of hydrogen-bond donors (Lipinski definition) is 0. The summed E-state index contributed by atoms with van der Waals surface area (Å²) in [5.74, 6) is -0.327. The molecule has 18 heavy (non-hydrogen) atoms. The molecule has 2 rings (SSSR count). The average molecular weight is 245 g/mol. The normalized spacial score (nSPS) is 10.1. The molecular formula is C13H12FN3O. The molecule has 0 fully saturated rings. The summed E-state index contributed by atoms with van der Waals surface area (Å²) in [6.07, 6.45) is 3.60. The molecule has 0 bridgehead atoms. The fourth-order valence-electron chi connectivity index (χ4n) is 1.74. The summed E-state index contributed by atoms with van der Waals surface area (Å²) in [5.41, 5.74) is 1.67. The van der Waals surface area contributed by atoms with Crippen LogP contribution in [0.15, 0.2) is 24.5 Å². The van der Waals surface area contributed by atoms with E-state index >= 15 is 0 Å².